The van der Waals surface area contributed by atoms with Crippen molar-refractivity contribution in [1.29, 1.82) is 0 Å². The van der Waals surface area contributed by atoms with Crippen molar-refractivity contribution in [3.05, 3.63) is 24.3 Å². The zero-order valence-corrected chi connectivity index (χ0v) is 25.8. The molecule has 0 bridgehead atoms. The van der Waals surface area contributed by atoms with Gasteiger partial charge in [0.25, 0.3) is 0 Å². The van der Waals surface area contributed by atoms with Crippen molar-refractivity contribution >= 4 is 29.6 Å². The number of hydrogen-bond acceptors (Lipinski definition) is 5. The second-order valence-electron chi connectivity index (χ2n) is 11.1. The Labute approximate surface area is 252 Å². The van der Waals surface area contributed by atoms with Crippen LogP contribution in [-0.2, 0) is 14.4 Å². The van der Waals surface area contributed by atoms with Gasteiger partial charge in [-0.25, -0.2) is 4.79 Å². The molecule has 238 valence electrons. The third kappa shape index (κ3) is 18.9. The standard InChI is InChI=1S/C31H55N7O4/c1-3-4-5-6-7-8-9-10-11-13-21-36-31(42)38-26(17-15-22-35-30(32)33)29(41)37-25-16-12-14-20-34-28(40)19-18-24(2)23-27(25)39/h12,16,18-19,24-26H,3-11,13-15,17,20-23H2,1-2H3,(H,34,40)(H,37,41)(H4,32,33,35)(H2,36,38,42)/b16-12+,19-18+/t24-,25-,26?/m0/s1. The molecule has 1 heterocycles. The molecule has 8 N–H and O–H groups in total. The van der Waals surface area contributed by atoms with E-state index in [9.17, 15) is 19.2 Å². The summed E-state index contributed by atoms with van der Waals surface area (Å²) in [5, 5.41) is 11.2. The van der Waals surface area contributed by atoms with Gasteiger partial charge in [0.15, 0.2) is 11.7 Å². The minimum atomic E-state index is -0.869. The molecular weight excluding hydrogens is 534 g/mol. The van der Waals surface area contributed by atoms with Crippen LogP contribution in [0.1, 0.15) is 104 Å². The monoisotopic (exact) mass is 589 g/mol. The fourth-order valence-electron chi connectivity index (χ4n) is 4.62. The molecule has 11 heteroatoms. The predicted octanol–water partition coefficient (Wildman–Crippen LogP) is 3.34. The van der Waals surface area contributed by atoms with Crippen LogP contribution in [0.15, 0.2) is 29.3 Å². The van der Waals surface area contributed by atoms with E-state index in [0.29, 0.717) is 38.9 Å². The average molecular weight is 590 g/mol. The molecule has 0 spiro atoms. The average Bonchev–Trinajstić information content (AvgIpc) is 2.94. The Morgan fingerprint density at radius 1 is 1.00 bits per heavy atom. The lowest BCUT2D eigenvalue weighted by Gasteiger charge is -2.22. The Hall–Kier alpha value is -3.37. The topological polar surface area (TPSA) is 181 Å². The van der Waals surface area contributed by atoms with Crippen LogP contribution < -0.4 is 32.7 Å². The summed E-state index contributed by atoms with van der Waals surface area (Å²) in [6, 6.07) is -2.14. The van der Waals surface area contributed by atoms with Gasteiger partial charge < -0.3 is 32.7 Å². The van der Waals surface area contributed by atoms with E-state index in [1.807, 2.05) is 6.92 Å². The number of carbonyl (C=O) groups excluding carboxylic acids is 4. The number of unbranched alkanes of at least 4 members (excludes halogenated alkanes) is 9. The number of hydrogen-bond donors (Lipinski definition) is 6. The second-order valence-corrected chi connectivity index (χ2v) is 11.1. The number of allylic oxidation sites excluding steroid dienone is 1. The molecule has 0 aromatic rings. The maximum absolute atomic E-state index is 13.3. The summed E-state index contributed by atoms with van der Waals surface area (Å²) in [5.41, 5.74) is 10.8. The minimum absolute atomic E-state index is 0.0403. The van der Waals surface area contributed by atoms with Gasteiger partial charge >= 0.3 is 6.03 Å². The molecule has 1 rings (SSSR count). The highest BCUT2D eigenvalue weighted by molar-refractivity contribution is 5.94. The largest absolute Gasteiger partial charge is 0.370 e. The third-order valence-electron chi connectivity index (χ3n) is 7.07. The van der Waals surface area contributed by atoms with E-state index in [0.717, 1.165) is 19.3 Å². The Kier molecular flexibility index (Phi) is 20.3. The molecule has 0 aromatic heterocycles. The molecule has 4 amide bonds. The first-order chi connectivity index (χ1) is 20.2. The number of nitrogens with two attached hydrogens (primary N) is 2. The summed E-state index contributed by atoms with van der Waals surface area (Å²) in [6.07, 6.45) is 20.0. The summed E-state index contributed by atoms with van der Waals surface area (Å²) >= 11 is 0. The second kappa shape index (κ2) is 23.2. The highest BCUT2D eigenvalue weighted by Gasteiger charge is 2.26. The minimum Gasteiger partial charge on any atom is -0.370 e. The highest BCUT2D eigenvalue weighted by Crippen LogP contribution is 2.11. The number of nitrogens with zero attached hydrogens (tertiary/aromatic N) is 1. The summed E-state index contributed by atoms with van der Waals surface area (Å²) in [6.45, 7) is 5.31. The van der Waals surface area contributed by atoms with Gasteiger partial charge in [-0.05, 0) is 37.7 Å². The van der Waals surface area contributed by atoms with Crippen LogP contribution in [0, 0.1) is 5.92 Å². The molecule has 1 aliphatic rings. The van der Waals surface area contributed by atoms with Crippen LogP contribution in [-0.4, -0.2) is 61.3 Å². The van der Waals surface area contributed by atoms with E-state index < -0.39 is 24.0 Å². The maximum atomic E-state index is 13.3. The fourth-order valence-corrected chi connectivity index (χ4v) is 4.62. The number of rotatable bonds is 18. The summed E-state index contributed by atoms with van der Waals surface area (Å²) in [7, 11) is 0. The Morgan fingerprint density at radius 2 is 1.67 bits per heavy atom. The lowest BCUT2D eigenvalue weighted by Crippen LogP contribution is -2.53. The number of urea groups is 1. The normalized spacial score (nSPS) is 19.8. The number of guanidine groups is 1. The smallest absolute Gasteiger partial charge is 0.315 e. The van der Waals surface area contributed by atoms with E-state index in [1.54, 1.807) is 18.2 Å². The molecule has 0 saturated heterocycles. The van der Waals surface area contributed by atoms with Crippen molar-refractivity contribution < 1.29 is 19.2 Å². The van der Waals surface area contributed by atoms with Gasteiger partial charge in [-0.3, -0.25) is 19.4 Å². The molecule has 11 nitrogen and oxygen atoms in total. The first kappa shape index (κ1) is 36.7. The Bertz CT molecular complexity index is 900. The SMILES string of the molecule is CCCCCCCCCCCCNC(=O)NC(CCCN=C(N)N)C(=O)N[C@H]1/C=C/CCNC(=O)/C=C/[C@H](C)CC1=O. The molecule has 0 saturated carbocycles. The zero-order chi connectivity index (χ0) is 31.0. The van der Waals surface area contributed by atoms with Gasteiger partial charge in [-0.15, -0.1) is 0 Å². The molecule has 0 fully saturated rings. The van der Waals surface area contributed by atoms with Crippen molar-refractivity contribution in [2.45, 2.75) is 116 Å². The zero-order valence-electron chi connectivity index (χ0n) is 25.8. The van der Waals surface area contributed by atoms with Crippen molar-refractivity contribution in [1.82, 2.24) is 21.3 Å². The van der Waals surface area contributed by atoms with Gasteiger partial charge in [-0.1, -0.05) is 89.9 Å². The van der Waals surface area contributed by atoms with Crippen molar-refractivity contribution in [2.75, 3.05) is 19.6 Å². The first-order valence-electron chi connectivity index (χ1n) is 15.8. The maximum Gasteiger partial charge on any atom is 0.315 e. The van der Waals surface area contributed by atoms with E-state index >= 15 is 0 Å². The number of Topliss-reactive ketones (excluding diaryl/α,β-unsaturated/α-hetero) is 1. The van der Waals surface area contributed by atoms with Gasteiger partial charge in [0.1, 0.15) is 12.1 Å². The molecule has 1 aliphatic heterocycles. The fraction of sp³-hybridized carbons (Fsp3) is 0.710. The van der Waals surface area contributed by atoms with Crippen LogP contribution in [0.5, 0.6) is 0 Å². The lowest BCUT2D eigenvalue weighted by molar-refractivity contribution is -0.128. The van der Waals surface area contributed by atoms with Crippen molar-refractivity contribution in [2.24, 2.45) is 22.4 Å². The third-order valence-corrected chi connectivity index (χ3v) is 7.07. The predicted molar refractivity (Wildman–Crippen MR) is 169 cm³/mol. The van der Waals surface area contributed by atoms with E-state index in [4.69, 9.17) is 11.5 Å². The molecule has 3 atom stereocenters. The molecule has 42 heavy (non-hydrogen) atoms. The molecule has 0 radical (unpaired) electrons. The number of nitrogens with one attached hydrogen (secondary N) is 4. The van der Waals surface area contributed by atoms with Crippen LogP contribution in [0.2, 0.25) is 0 Å². The quantitative estimate of drug-likeness (QED) is 0.0617. The van der Waals surface area contributed by atoms with E-state index in [2.05, 4.69) is 33.2 Å². The van der Waals surface area contributed by atoms with Crippen molar-refractivity contribution in [3.8, 4) is 0 Å². The van der Waals surface area contributed by atoms with E-state index in [1.165, 1.54) is 51.0 Å². The van der Waals surface area contributed by atoms with Crippen LogP contribution in [0.3, 0.4) is 0 Å². The Balaban J connectivity index is 2.63. The van der Waals surface area contributed by atoms with Crippen molar-refractivity contribution in [3.63, 3.8) is 0 Å². The number of amides is 4. The van der Waals surface area contributed by atoms with Gasteiger partial charge in [0.05, 0.1) is 0 Å². The summed E-state index contributed by atoms with van der Waals surface area (Å²) < 4.78 is 0. The van der Waals surface area contributed by atoms with Gasteiger partial charge in [-0.2, -0.15) is 0 Å². The van der Waals surface area contributed by atoms with E-state index in [-0.39, 0.29) is 30.0 Å². The van der Waals surface area contributed by atoms with Crippen LogP contribution in [0.25, 0.3) is 0 Å². The molecule has 1 unspecified atom stereocenters. The van der Waals surface area contributed by atoms with Gasteiger partial charge in [0.2, 0.25) is 11.8 Å². The number of carbonyl (C=O) groups is 4. The summed E-state index contributed by atoms with van der Waals surface area (Å²) in [5.74, 6) is -1.06. The first-order valence-corrected chi connectivity index (χ1v) is 15.8. The number of ketones is 1. The summed E-state index contributed by atoms with van der Waals surface area (Å²) in [4.78, 5) is 54.7. The number of aliphatic imine (C=N–C) groups is 1. The molecular formula is C31H55N7O4. The highest BCUT2D eigenvalue weighted by atomic mass is 16.2. The molecule has 0 aromatic carbocycles. The van der Waals surface area contributed by atoms with Gasteiger partial charge in [0, 0.05) is 26.1 Å². The lowest BCUT2D eigenvalue weighted by atomic mass is 9.98. The van der Waals surface area contributed by atoms with Crippen LogP contribution in [0.4, 0.5) is 4.79 Å². The van der Waals surface area contributed by atoms with Crippen LogP contribution >= 0.6 is 0 Å². The Morgan fingerprint density at radius 3 is 2.33 bits per heavy atom. The molecule has 0 aliphatic carbocycles.